The van der Waals surface area contributed by atoms with Crippen LogP contribution in [0.4, 0.5) is 0 Å². The van der Waals surface area contributed by atoms with Gasteiger partial charge >= 0.3 is 5.97 Å². The van der Waals surface area contributed by atoms with Crippen molar-refractivity contribution in [2.24, 2.45) is 5.92 Å². The fourth-order valence-electron chi connectivity index (χ4n) is 2.91. The fourth-order valence-corrected chi connectivity index (χ4v) is 2.91. The highest BCUT2D eigenvalue weighted by atomic mass is 16.4. The van der Waals surface area contributed by atoms with Crippen LogP contribution in [0.3, 0.4) is 0 Å². The summed E-state index contributed by atoms with van der Waals surface area (Å²) in [6, 6.07) is 0.164. The maximum Gasteiger partial charge on any atom is 0.320 e. The summed E-state index contributed by atoms with van der Waals surface area (Å²) in [5.74, 6) is -0.0282. The third kappa shape index (κ3) is 3.21. The monoisotopic (exact) mass is 227 g/mol. The van der Waals surface area contributed by atoms with Crippen LogP contribution >= 0.6 is 0 Å². The van der Waals surface area contributed by atoms with Crippen molar-refractivity contribution in [3.8, 4) is 0 Å². The van der Waals surface area contributed by atoms with Crippen molar-refractivity contribution in [1.29, 1.82) is 0 Å². The van der Waals surface area contributed by atoms with Crippen LogP contribution < -0.4 is 0 Å². The average molecular weight is 227 g/mol. The lowest BCUT2D eigenvalue weighted by Crippen LogP contribution is -2.48. The predicted octanol–water partition coefficient (Wildman–Crippen LogP) is 2.75. The van der Waals surface area contributed by atoms with E-state index in [-0.39, 0.29) is 6.04 Å². The molecule has 3 atom stereocenters. The van der Waals surface area contributed by atoms with E-state index in [1.54, 1.807) is 0 Å². The van der Waals surface area contributed by atoms with Gasteiger partial charge in [-0.05, 0) is 32.2 Å². The molecule has 0 amide bonds. The SMILES string of the molecule is CCCC(C(=O)O)N(C)C1CCCCC1C. The molecule has 1 rings (SSSR count). The van der Waals surface area contributed by atoms with E-state index in [1.807, 2.05) is 14.0 Å². The number of hydrogen-bond acceptors (Lipinski definition) is 2. The van der Waals surface area contributed by atoms with E-state index in [0.29, 0.717) is 12.0 Å². The van der Waals surface area contributed by atoms with Gasteiger partial charge in [-0.1, -0.05) is 33.1 Å². The van der Waals surface area contributed by atoms with E-state index in [0.717, 1.165) is 19.3 Å². The van der Waals surface area contributed by atoms with Crippen molar-refractivity contribution in [3.05, 3.63) is 0 Å². The second kappa shape index (κ2) is 6.24. The minimum absolute atomic E-state index is 0.296. The van der Waals surface area contributed by atoms with Gasteiger partial charge in [0, 0.05) is 6.04 Å². The molecule has 0 spiro atoms. The lowest BCUT2D eigenvalue weighted by Gasteiger charge is -2.39. The Bertz CT molecular complexity index is 230. The molecule has 16 heavy (non-hydrogen) atoms. The second-order valence-corrected chi connectivity index (χ2v) is 5.14. The number of carbonyl (C=O) groups is 1. The summed E-state index contributed by atoms with van der Waals surface area (Å²) in [6.45, 7) is 4.30. The molecule has 1 fully saturated rings. The molecule has 0 heterocycles. The number of likely N-dealkylation sites (N-methyl/N-ethyl adjacent to an activating group) is 1. The van der Waals surface area contributed by atoms with Crippen molar-refractivity contribution in [2.75, 3.05) is 7.05 Å². The van der Waals surface area contributed by atoms with Crippen molar-refractivity contribution in [2.45, 2.75) is 64.5 Å². The fraction of sp³-hybridized carbons (Fsp3) is 0.923. The summed E-state index contributed by atoms with van der Waals surface area (Å²) in [6.07, 6.45) is 6.64. The van der Waals surface area contributed by atoms with Crippen LogP contribution in [-0.2, 0) is 4.79 Å². The lowest BCUT2D eigenvalue weighted by molar-refractivity contribution is -0.144. The Morgan fingerprint density at radius 2 is 2.06 bits per heavy atom. The Kier molecular flexibility index (Phi) is 5.26. The molecule has 3 nitrogen and oxygen atoms in total. The van der Waals surface area contributed by atoms with Crippen LogP contribution in [-0.4, -0.2) is 35.1 Å². The Morgan fingerprint density at radius 1 is 1.44 bits per heavy atom. The molecule has 0 saturated heterocycles. The standard InChI is InChI=1S/C13H25NO2/c1-4-7-12(13(15)16)14(3)11-9-6-5-8-10(11)2/h10-12H,4-9H2,1-3H3,(H,15,16). The van der Waals surface area contributed by atoms with Crippen molar-refractivity contribution in [1.82, 2.24) is 4.90 Å². The van der Waals surface area contributed by atoms with Gasteiger partial charge in [-0.15, -0.1) is 0 Å². The molecule has 3 heteroatoms. The Morgan fingerprint density at radius 3 is 2.56 bits per heavy atom. The Balaban J connectivity index is 2.64. The molecule has 0 aromatic rings. The van der Waals surface area contributed by atoms with Gasteiger partial charge in [-0.3, -0.25) is 9.69 Å². The van der Waals surface area contributed by atoms with E-state index in [4.69, 9.17) is 0 Å². The van der Waals surface area contributed by atoms with Crippen LogP contribution in [0.1, 0.15) is 52.4 Å². The zero-order chi connectivity index (χ0) is 12.1. The van der Waals surface area contributed by atoms with Gasteiger partial charge in [0.15, 0.2) is 0 Å². The molecule has 0 bridgehead atoms. The van der Waals surface area contributed by atoms with E-state index in [2.05, 4.69) is 11.8 Å². The number of aliphatic carboxylic acids is 1. The minimum Gasteiger partial charge on any atom is -0.480 e. The summed E-state index contributed by atoms with van der Waals surface area (Å²) < 4.78 is 0. The number of carboxylic acids is 1. The first-order chi connectivity index (χ1) is 7.57. The van der Waals surface area contributed by atoms with Crippen molar-refractivity contribution >= 4 is 5.97 Å². The quantitative estimate of drug-likeness (QED) is 0.785. The summed E-state index contributed by atoms with van der Waals surface area (Å²) in [5.41, 5.74) is 0. The van der Waals surface area contributed by atoms with Gasteiger partial charge in [-0.2, -0.15) is 0 Å². The third-order valence-corrected chi connectivity index (χ3v) is 3.93. The molecule has 1 N–H and O–H groups in total. The Labute approximate surface area is 98.8 Å². The van der Waals surface area contributed by atoms with Crippen molar-refractivity contribution < 1.29 is 9.90 Å². The first kappa shape index (κ1) is 13.5. The molecular weight excluding hydrogens is 202 g/mol. The van der Waals surface area contributed by atoms with E-state index in [1.165, 1.54) is 19.3 Å². The molecule has 1 saturated carbocycles. The molecule has 3 unspecified atom stereocenters. The van der Waals surface area contributed by atoms with E-state index >= 15 is 0 Å². The van der Waals surface area contributed by atoms with Gasteiger partial charge in [0.1, 0.15) is 6.04 Å². The molecule has 0 radical (unpaired) electrons. The second-order valence-electron chi connectivity index (χ2n) is 5.14. The molecular formula is C13H25NO2. The smallest absolute Gasteiger partial charge is 0.320 e. The highest BCUT2D eigenvalue weighted by molar-refractivity contribution is 5.73. The zero-order valence-corrected chi connectivity index (χ0v) is 10.8. The molecule has 1 aliphatic carbocycles. The van der Waals surface area contributed by atoms with E-state index in [9.17, 15) is 9.90 Å². The number of rotatable bonds is 5. The summed E-state index contributed by atoms with van der Waals surface area (Å²) in [4.78, 5) is 13.3. The zero-order valence-electron chi connectivity index (χ0n) is 10.8. The van der Waals surface area contributed by atoms with E-state index < -0.39 is 5.97 Å². The summed E-state index contributed by atoms with van der Waals surface area (Å²) in [5, 5.41) is 9.25. The molecule has 0 aliphatic heterocycles. The molecule has 94 valence electrons. The maximum absolute atomic E-state index is 11.2. The number of carboxylic acid groups (broad SMARTS) is 1. The molecule has 1 aliphatic rings. The Hall–Kier alpha value is -0.570. The molecule has 0 aromatic carbocycles. The van der Waals surface area contributed by atoms with Gasteiger partial charge in [-0.25, -0.2) is 0 Å². The topological polar surface area (TPSA) is 40.5 Å². The third-order valence-electron chi connectivity index (χ3n) is 3.93. The van der Waals surface area contributed by atoms with Crippen molar-refractivity contribution in [3.63, 3.8) is 0 Å². The number of nitrogens with zero attached hydrogens (tertiary/aromatic N) is 1. The minimum atomic E-state index is -0.665. The highest BCUT2D eigenvalue weighted by Gasteiger charge is 2.31. The summed E-state index contributed by atoms with van der Waals surface area (Å²) in [7, 11) is 1.99. The van der Waals surface area contributed by atoms with Gasteiger partial charge in [0.2, 0.25) is 0 Å². The largest absolute Gasteiger partial charge is 0.480 e. The van der Waals surface area contributed by atoms with Crippen LogP contribution in [0.15, 0.2) is 0 Å². The van der Waals surface area contributed by atoms with Crippen LogP contribution in [0.25, 0.3) is 0 Å². The van der Waals surface area contributed by atoms with Crippen LogP contribution in [0.5, 0.6) is 0 Å². The average Bonchev–Trinajstić information content (AvgIpc) is 2.25. The number of hydrogen-bond donors (Lipinski definition) is 1. The first-order valence-electron chi connectivity index (χ1n) is 6.52. The molecule has 0 aromatic heterocycles. The normalized spacial score (nSPS) is 28.0. The van der Waals surface area contributed by atoms with Gasteiger partial charge < -0.3 is 5.11 Å². The summed E-state index contributed by atoms with van der Waals surface area (Å²) >= 11 is 0. The van der Waals surface area contributed by atoms with Crippen LogP contribution in [0, 0.1) is 5.92 Å². The maximum atomic E-state index is 11.2. The van der Waals surface area contributed by atoms with Gasteiger partial charge in [0.25, 0.3) is 0 Å². The van der Waals surface area contributed by atoms with Gasteiger partial charge in [0.05, 0.1) is 0 Å². The predicted molar refractivity (Wildman–Crippen MR) is 65.5 cm³/mol. The first-order valence-corrected chi connectivity index (χ1v) is 6.52. The highest BCUT2D eigenvalue weighted by Crippen LogP contribution is 2.29. The van der Waals surface area contributed by atoms with Crippen LogP contribution in [0.2, 0.25) is 0 Å². The lowest BCUT2D eigenvalue weighted by atomic mass is 9.84.